The first-order valence-electron chi connectivity index (χ1n) is 6.70. The molecule has 1 fully saturated rings. The number of nitrogens with one attached hydrogen (secondary N) is 2. The highest BCUT2D eigenvalue weighted by Gasteiger charge is 2.21. The average Bonchev–Trinajstić information content (AvgIpc) is 2.94. The molecular formula is C14H18F2N2O2. The lowest BCUT2D eigenvalue weighted by Gasteiger charge is -2.11. The van der Waals surface area contributed by atoms with Gasteiger partial charge in [0.25, 0.3) is 0 Å². The summed E-state index contributed by atoms with van der Waals surface area (Å²) >= 11 is 0. The van der Waals surface area contributed by atoms with Crippen LogP contribution >= 0.6 is 0 Å². The van der Waals surface area contributed by atoms with Gasteiger partial charge in [-0.3, -0.25) is 4.79 Å². The summed E-state index contributed by atoms with van der Waals surface area (Å²) < 4.78 is 28.2. The fourth-order valence-corrected chi connectivity index (χ4v) is 2.20. The molecule has 0 aliphatic carbocycles. The highest BCUT2D eigenvalue weighted by atomic mass is 19.3. The van der Waals surface area contributed by atoms with Crippen LogP contribution in [0, 0.1) is 0 Å². The minimum atomic E-state index is -2.81. The van der Waals surface area contributed by atoms with Gasteiger partial charge in [-0.1, -0.05) is 12.1 Å². The molecular weight excluding hydrogens is 266 g/mol. The van der Waals surface area contributed by atoms with E-state index in [1.807, 2.05) is 0 Å². The smallest absolute Gasteiger partial charge is 0.387 e. The molecule has 0 bridgehead atoms. The zero-order valence-electron chi connectivity index (χ0n) is 11.1. The van der Waals surface area contributed by atoms with Crippen molar-refractivity contribution in [3.8, 4) is 5.75 Å². The summed E-state index contributed by atoms with van der Waals surface area (Å²) in [5.41, 5.74) is 0.964. The number of alkyl halides is 2. The molecule has 0 aromatic heterocycles. The third kappa shape index (κ3) is 4.45. The molecule has 0 unspecified atom stereocenters. The number of ether oxygens (including phenoxy) is 1. The molecule has 1 aliphatic heterocycles. The molecule has 6 heteroatoms. The van der Waals surface area contributed by atoms with Crippen molar-refractivity contribution in [2.75, 3.05) is 13.1 Å². The zero-order valence-corrected chi connectivity index (χ0v) is 11.1. The molecule has 0 saturated carbocycles. The summed E-state index contributed by atoms with van der Waals surface area (Å²) in [5.74, 6) is 0.170. The second-order valence-electron chi connectivity index (χ2n) is 4.71. The Morgan fingerprint density at radius 3 is 2.75 bits per heavy atom. The van der Waals surface area contributed by atoms with Crippen molar-refractivity contribution < 1.29 is 18.3 Å². The second kappa shape index (κ2) is 7.19. The Bertz CT molecular complexity index is 431. The number of carbonyl (C=O) groups is 1. The van der Waals surface area contributed by atoms with E-state index >= 15 is 0 Å². The lowest BCUT2D eigenvalue weighted by Crippen LogP contribution is -2.41. The van der Waals surface area contributed by atoms with Crippen LogP contribution in [-0.2, 0) is 11.2 Å². The van der Waals surface area contributed by atoms with Gasteiger partial charge >= 0.3 is 6.61 Å². The van der Waals surface area contributed by atoms with Gasteiger partial charge in [0.05, 0.1) is 6.04 Å². The lowest BCUT2D eigenvalue weighted by molar-refractivity contribution is -0.122. The van der Waals surface area contributed by atoms with Gasteiger partial charge < -0.3 is 15.4 Å². The van der Waals surface area contributed by atoms with Crippen molar-refractivity contribution in [3.63, 3.8) is 0 Å². The minimum Gasteiger partial charge on any atom is -0.435 e. The Hall–Kier alpha value is -1.69. The summed E-state index contributed by atoms with van der Waals surface area (Å²) in [7, 11) is 0. The van der Waals surface area contributed by atoms with Crippen LogP contribution in [0.3, 0.4) is 0 Å². The number of hydrogen-bond donors (Lipinski definition) is 2. The first-order valence-corrected chi connectivity index (χ1v) is 6.70. The van der Waals surface area contributed by atoms with Crippen LogP contribution in [0.25, 0.3) is 0 Å². The van der Waals surface area contributed by atoms with Gasteiger partial charge in [0.2, 0.25) is 5.91 Å². The van der Waals surface area contributed by atoms with Crippen LogP contribution in [0.2, 0.25) is 0 Å². The fraction of sp³-hybridized carbons (Fsp3) is 0.500. The van der Waals surface area contributed by atoms with Gasteiger partial charge in [0.1, 0.15) is 5.75 Å². The largest absolute Gasteiger partial charge is 0.435 e. The molecule has 0 radical (unpaired) electrons. The molecule has 2 rings (SSSR count). The van der Waals surface area contributed by atoms with Crippen molar-refractivity contribution >= 4 is 5.91 Å². The fourth-order valence-electron chi connectivity index (χ4n) is 2.20. The molecule has 0 spiro atoms. The van der Waals surface area contributed by atoms with E-state index in [0.717, 1.165) is 24.9 Å². The van der Waals surface area contributed by atoms with Crippen LogP contribution in [0.15, 0.2) is 24.3 Å². The van der Waals surface area contributed by atoms with Crippen LogP contribution < -0.4 is 15.4 Å². The Kier molecular flexibility index (Phi) is 5.29. The number of rotatable bonds is 6. The van der Waals surface area contributed by atoms with E-state index in [0.29, 0.717) is 13.0 Å². The number of amides is 1. The maximum atomic E-state index is 12.0. The Morgan fingerprint density at radius 2 is 2.15 bits per heavy atom. The number of hydrogen-bond acceptors (Lipinski definition) is 3. The number of benzene rings is 1. The maximum Gasteiger partial charge on any atom is 0.387 e. The lowest BCUT2D eigenvalue weighted by atomic mass is 10.1. The molecule has 20 heavy (non-hydrogen) atoms. The van der Waals surface area contributed by atoms with Crippen molar-refractivity contribution in [1.29, 1.82) is 0 Å². The molecule has 110 valence electrons. The summed E-state index contributed by atoms with van der Waals surface area (Å²) in [6.07, 6.45) is 2.57. The van der Waals surface area contributed by atoms with E-state index in [4.69, 9.17) is 0 Å². The Balaban J connectivity index is 1.72. The van der Waals surface area contributed by atoms with Gasteiger partial charge in [-0.05, 0) is 43.5 Å². The number of carbonyl (C=O) groups excluding carboxylic acids is 1. The van der Waals surface area contributed by atoms with Crippen molar-refractivity contribution in [1.82, 2.24) is 10.6 Å². The third-order valence-electron chi connectivity index (χ3n) is 3.24. The quantitative estimate of drug-likeness (QED) is 0.836. The molecule has 1 amide bonds. The standard InChI is InChI=1S/C14H18F2N2O2/c15-14(16)20-11-5-3-10(4-6-11)7-9-18-13(19)12-2-1-8-17-12/h3-6,12,14,17H,1-2,7-9H2,(H,18,19)/t12-/m0/s1. The normalized spacial score (nSPS) is 18.2. The Labute approximate surface area is 116 Å². The molecule has 1 saturated heterocycles. The van der Waals surface area contributed by atoms with E-state index in [2.05, 4.69) is 15.4 Å². The highest BCUT2D eigenvalue weighted by molar-refractivity contribution is 5.81. The molecule has 1 atom stereocenters. The van der Waals surface area contributed by atoms with Crippen molar-refractivity contribution in [2.45, 2.75) is 31.9 Å². The first-order chi connectivity index (χ1) is 9.65. The molecule has 2 N–H and O–H groups in total. The molecule has 1 heterocycles. The summed E-state index contributed by atoms with van der Waals surface area (Å²) in [5, 5.41) is 6.00. The van der Waals surface area contributed by atoms with E-state index in [1.54, 1.807) is 12.1 Å². The van der Waals surface area contributed by atoms with Crippen molar-refractivity contribution in [2.24, 2.45) is 0 Å². The van der Waals surface area contributed by atoms with Crippen LogP contribution in [0.4, 0.5) is 8.78 Å². The Morgan fingerprint density at radius 1 is 1.40 bits per heavy atom. The second-order valence-corrected chi connectivity index (χ2v) is 4.71. The van der Waals surface area contributed by atoms with Crippen LogP contribution in [-0.4, -0.2) is 31.7 Å². The average molecular weight is 284 g/mol. The molecule has 1 aliphatic rings. The van der Waals surface area contributed by atoms with Gasteiger partial charge in [-0.15, -0.1) is 0 Å². The van der Waals surface area contributed by atoms with Crippen LogP contribution in [0.1, 0.15) is 18.4 Å². The van der Waals surface area contributed by atoms with Gasteiger partial charge in [0.15, 0.2) is 0 Å². The maximum absolute atomic E-state index is 12.0. The minimum absolute atomic E-state index is 0.0279. The van der Waals surface area contributed by atoms with Crippen molar-refractivity contribution in [3.05, 3.63) is 29.8 Å². The number of halogens is 2. The summed E-state index contributed by atoms with van der Waals surface area (Å²) in [6.45, 7) is -1.38. The predicted octanol–water partition coefficient (Wildman–Crippen LogP) is 1.70. The van der Waals surface area contributed by atoms with E-state index in [9.17, 15) is 13.6 Å². The van der Waals surface area contributed by atoms with Crippen LogP contribution in [0.5, 0.6) is 5.75 Å². The third-order valence-corrected chi connectivity index (χ3v) is 3.24. The summed E-state index contributed by atoms with van der Waals surface area (Å²) in [6, 6.07) is 6.37. The van der Waals surface area contributed by atoms with Gasteiger partial charge in [0, 0.05) is 6.54 Å². The monoisotopic (exact) mass is 284 g/mol. The summed E-state index contributed by atoms with van der Waals surface area (Å²) in [4.78, 5) is 11.7. The highest BCUT2D eigenvalue weighted by Crippen LogP contribution is 2.15. The predicted molar refractivity (Wildman–Crippen MR) is 70.8 cm³/mol. The van der Waals surface area contributed by atoms with Gasteiger partial charge in [-0.25, -0.2) is 0 Å². The molecule has 1 aromatic carbocycles. The first kappa shape index (κ1) is 14.7. The molecule has 4 nitrogen and oxygen atoms in total. The van der Waals surface area contributed by atoms with E-state index in [1.165, 1.54) is 12.1 Å². The SMILES string of the molecule is O=C(NCCc1ccc(OC(F)F)cc1)[C@@H]1CCCN1. The van der Waals surface area contributed by atoms with Gasteiger partial charge in [-0.2, -0.15) is 8.78 Å². The zero-order chi connectivity index (χ0) is 14.4. The topological polar surface area (TPSA) is 50.4 Å². The molecule has 1 aromatic rings. The van der Waals surface area contributed by atoms with E-state index in [-0.39, 0.29) is 17.7 Å². The van der Waals surface area contributed by atoms with E-state index < -0.39 is 6.61 Å².